The molecule has 0 saturated heterocycles. The number of nitrogens with zero attached hydrogens (tertiary/aromatic N) is 5. The molecule has 1 saturated carbocycles. The molecule has 134 valence electrons. The first-order valence-corrected chi connectivity index (χ1v) is 9.18. The van der Waals surface area contributed by atoms with Crippen molar-refractivity contribution in [2.45, 2.75) is 37.8 Å². The quantitative estimate of drug-likeness (QED) is 0.819. The molecular formula is C19H21N5O2. The predicted molar refractivity (Wildman–Crippen MR) is 93.6 cm³/mol. The average molecular weight is 351 g/mol. The number of hydrogen-bond acceptors (Lipinski definition) is 4. The van der Waals surface area contributed by atoms with Crippen molar-refractivity contribution in [1.82, 2.24) is 24.6 Å². The van der Waals surface area contributed by atoms with E-state index in [0.29, 0.717) is 31.1 Å². The van der Waals surface area contributed by atoms with E-state index in [1.54, 1.807) is 11.9 Å². The fourth-order valence-corrected chi connectivity index (χ4v) is 4.10. The van der Waals surface area contributed by atoms with Gasteiger partial charge in [0.1, 0.15) is 5.82 Å². The monoisotopic (exact) mass is 351 g/mol. The molecule has 5 rings (SSSR count). The molecule has 3 heterocycles. The number of amides is 2. The van der Waals surface area contributed by atoms with Gasteiger partial charge in [-0.15, -0.1) is 10.2 Å². The van der Waals surface area contributed by atoms with Crippen LogP contribution in [-0.2, 0) is 17.9 Å². The Morgan fingerprint density at radius 1 is 1.15 bits per heavy atom. The van der Waals surface area contributed by atoms with Crippen LogP contribution < -0.4 is 0 Å². The minimum atomic E-state index is -0.314. The van der Waals surface area contributed by atoms with Crippen LogP contribution in [0.5, 0.6) is 0 Å². The van der Waals surface area contributed by atoms with Gasteiger partial charge < -0.3 is 14.4 Å². The summed E-state index contributed by atoms with van der Waals surface area (Å²) < 4.78 is 2.19. The molecular weight excluding hydrogens is 330 g/mol. The molecule has 1 fully saturated rings. The molecule has 2 amide bonds. The van der Waals surface area contributed by atoms with Gasteiger partial charge in [-0.2, -0.15) is 0 Å². The highest BCUT2D eigenvalue weighted by Gasteiger charge is 2.38. The number of rotatable bonds is 2. The Bertz CT molecular complexity index is 901. The van der Waals surface area contributed by atoms with E-state index < -0.39 is 0 Å². The number of aromatic nitrogens is 3. The van der Waals surface area contributed by atoms with Gasteiger partial charge in [0, 0.05) is 38.2 Å². The molecule has 1 aromatic heterocycles. The van der Waals surface area contributed by atoms with E-state index in [4.69, 9.17) is 0 Å². The highest BCUT2D eigenvalue weighted by atomic mass is 16.2. The summed E-state index contributed by atoms with van der Waals surface area (Å²) in [6.45, 7) is 2.34. The van der Waals surface area contributed by atoms with Crippen molar-refractivity contribution in [3.05, 3.63) is 47.0 Å². The molecule has 0 N–H and O–H groups in total. The zero-order valence-corrected chi connectivity index (χ0v) is 14.8. The molecule has 0 bridgehead atoms. The zero-order chi connectivity index (χ0) is 17.8. The summed E-state index contributed by atoms with van der Waals surface area (Å²) in [5.74, 6) is 2.26. The number of fused-ring (bicyclic) bond motifs is 2. The Labute approximate surface area is 151 Å². The van der Waals surface area contributed by atoms with E-state index in [1.165, 1.54) is 12.8 Å². The van der Waals surface area contributed by atoms with Crippen molar-refractivity contribution in [2.75, 3.05) is 20.1 Å². The van der Waals surface area contributed by atoms with Gasteiger partial charge in [0.15, 0.2) is 5.82 Å². The lowest BCUT2D eigenvalue weighted by Crippen LogP contribution is -2.47. The largest absolute Gasteiger partial charge is 0.341 e. The fraction of sp³-hybridized carbons (Fsp3) is 0.474. The van der Waals surface area contributed by atoms with Crippen LogP contribution in [0.3, 0.4) is 0 Å². The first kappa shape index (κ1) is 15.5. The standard InChI is InChI=1S/C19H21N5O2/c1-22-10-15(13-4-2-3-5-14(13)18(22)25)19(26)23-8-9-24-16(11-23)20-21-17(24)12-6-7-12/h2-5,12,15H,6-11H2,1H3. The molecule has 1 atom stereocenters. The van der Waals surface area contributed by atoms with E-state index in [0.717, 1.165) is 23.8 Å². The number of carbonyl (C=O) groups excluding carboxylic acids is 2. The normalized spacial score (nSPS) is 22.2. The van der Waals surface area contributed by atoms with Gasteiger partial charge in [0.25, 0.3) is 5.91 Å². The van der Waals surface area contributed by atoms with Gasteiger partial charge in [0.2, 0.25) is 5.91 Å². The molecule has 7 heteroatoms. The van der Waals surface area contributed by atoms with Crippen LogP contribution in [0.1, 0.15) is 52.2 Å². The summed E-state index contributed by atoms with van der Waals surface area (Å²) in [6.07, 6.45) is 2.39. The second kappa shape index (κ2) is 5.65. The minimum absolute atomic E-state index is 0.0166. The van der Waals surface area contributed by atoms with Crippen LogP contribution in [0.25, 0.3) is 0 Å². The van der Waals surface area contributed by atoms with E-state index in [-0.39, 0.29) is 17.7 Å². The van der Waals surface area contributed by atoms with Crippen molar-refractivity contribution in [2.24, 2.45) is 0 Å². The van der Waals surface area contributed by atoms with E-state index >= 15 is 0 Å². The molecule has 1 unspecified atom stereocenters. The Balaban J connectivity index is 1.42. The van der Waals surface area contributed by atoms with Crippen LogP contribution in [-0.4, -0.2) is 56.5 Å². The third-order valence-corrected chi connectivity index (χ3v) is 5.70. The Hall–Kier alpha value is -2.70. The maximum Gasteiger partial charge on any atom is 0.253 e. The molecule has 0 radical (unpaired) electrons. The second-order valence-electron chi connectivity index (χ2n) is 7.49. The van der Waals surface area contributed by atoms with E-state index in [2.05, 4.69) is 14.8 Å². The van der Waals surface area contributed by atoms with Crippen LogP contribution >= 0.6 is 0 Å². The van der Waals surface area contributed by atoms with Crippen LogP contribution in [0, 0.1) is 0 Å². The summed E-state index contributed by atoms with van der Waals surface area (Å²) in [5, 5.41) is 8.67. The summed E-state index contributed by atoms with van der Waals surface area (Å²) in [6, 6.07) is 7.45. The first-order chi connectivity index (χ1) is 12.6. The Morgan fingerprint density at radius 2 is 1.96 bits per heavy atom. The van der Waals surface area contributed by atoms with Crippen LogP contribution in [0.15, 0.2) is 24.3 Å². The lowest BCUT2D eigenvalue weighted by atomic mass is 9.88. The summed E-state index contributed by atoms with van der Waals surface area (Å²) in [7, 11) is 1.76. The molecule has 1 aliphatic carbocycles. The molecule has 26 heavy (non-hydrogen) atoms. The summed E-state index contributed by atoms with van der Waals surface area (Å²) in [5.41, 5.74) is 1.47. The lowest BCUT2D eigenvalue weighted by Gasteiger charge is -2.36. The van der Waals surface area contributed by atoms with Gasteiger partial charge in [-0.25, -0.2) is 0 Å². The van der Waals surface area contributed by atoms with Crippen molar-refractivity contribution < 1.29 is 9.59 Å². The molecule has 2 aliphatic heterocycles. The SMILES string of the molecule is CN1CC(C(=O)N2CCn3c(nnc3C3CC3)C2)c2ccccc2C1=O. The molecule has 7 nitrogen and oxygen atoms in total. The van der Waals surface area contributed by atoms with E-state index in [1.807, 2.05) is 29.2 Å². The molecule has 0 spiro atoms. The highest BCUT2D eigenvalue weighted by molar-refractivity contribution is 6.00. The average Bonchev–Trinajstić information content (AvgIpc) is 3.43. The minimum Gasteiger partial charge on any atom is -0.341 e. The topological polar surface area (TPSA) is 71.3 Å². The van der Waals surface area contributed by atoms with Crippen molar-refractivity contribution in [3.8, 4) is 0 Å². The van der Waals surface area contributed by atoms with Gasteiger partial charge >= 0.3 is 0 Å². The summed E-state index contributed by atoms with van der Waals surface area (Å²) >= 11 is 0. The van der Waals surface area contributed by atoms with Crippen LogP contribution in [0.4, 0.5) is 0 Å². The van der Waals surface area contributed by atoms with Crippen molar-refractivity contribution in [3.63, 3.8) is 0 Å². The smallest absolute Gasteiger partial charge is 0.253 e. The third kappa shape index (κ3) is 2.34. The van der Waals surface area contributed by atoms with Gasteiger partial charge in [-0.3, -0.25) is 9.59 Å². The Morgan fingerprint density at radius 3 is 2.77 bits per heavy atom. The molecule has 3 aliphatic rings. The Kier molecular flexibility index (Phi) is 3.38. The summed E-state index contributed by atoms with van der Waals surface area (Å²) in [4.78, 5) is 29.1. The highest BCUT2D eigenvalue weighted by Crippen LogP contribution is 2.39. The number of likely N-dealkylation sites (N-methyl/N-ethyl adjacent to an activating group) is 1. The van der Waals surface area contributed by atoms with Gasteiger partial charge in [0.05, 0.1) is 12.5 Å². The van der Waals surface area contributed by atoms with Gasteiger partial charge in [-0.05, 0) is 24.5 Å². The maximum absolute atomic E-state index is 13.3. The number of hydrogen-bond donors (Lipinski definition) is 0. The van der Waals surface area contributed by atoms with Gasteiger partial charge in [-0.1, -0.05) is 18.2 Å². The zero-order valence-electron chi connectivity index (χ0n) is 14.8. The van der Waals surface area contributed by atoms with Crippen LogP contribution in [0.2, 0.25) is 0 Å². The van der Waals surface area contributed by atoms with E-state index in [9.17, 15) is 9.59 Å². The maximum atomic E-state index is 13.3. The lowest BCUT2D eigenvalue weighted by molar-refractivity contribution is -0.134. The molecule has 1 aromatic carbocycles. The van der Waals surface area contributed by atoms with Crippen molar-refractivity contribution in [1.29, 1.82) is 0 Å². The second-order valence-corrected chi connectivity index (χ2v) is 7.49. The fourth-order valence-electron chi connectivity index (χ4n) is 4.10. The predicted octanol–water partition coefficient (Wildman–Crippen LogP) is 1.37. The number of carbonyl (C=O) groups is 2. The van der Waals surface area contributed by atoms with Crippen molar-refractivity contribution >= 4 is 11.8 Å². The third-order valence-electron chi connectivity index (χ3n) is 5.70. The first-order valence-electron chi connectivity index (χ1n) is 9.18. The molecule has 2 aromatic rings. The number of benzene rings is 1.